The Morgan fingerprint density at radius 3 is 2.54 bits per heavy atom. The number of para-hydroxylation sites is 1. The lowest BCUT2D eigenvalue weighted by molar-refractivity contribution is -0.118. The van der Waals surface area contributed by atoms with Crippen molar-refractivity contribution in [2.45, 2.75) is 51.7 Å². The second-order valence-electron chi connectivity index (χ2n) is 9.46. The zero-order chi connectivity index (χ0) is 25.9. The largest absolute Gasteiger partial charge is 0.457 e. The molecule has 5 rings (SSSR count). The molecule has 2 aliphatic rings. The summed E-state index contributed by atoms with van der Waals surface area (Å²) in [5.74, 6) is 1.11. The molecule has 1 aliphatic heterocycles. The monoisotopic (exact) mass is 498 g/mol. The lowest BCUT2D eigenvalue weighted by Crippen LogP contribution is -2.44. The van der Waals surface area contributed by atoms with Crippen LogP contribution in [0.2, 0.25) is 0 Å². The number of hydrogen-bond donors (Lipinski definition) is 3. The lowest BCUT2D eigenvalue weighted by atomic mass is 9.92. The summed E-state index contributed by atoms with van der Waals surface area (Å²) in [7, 11) is 0. The molecule has 8 heteroatoms. The number of carbonyl (C=O) groups excluding carboxylic acids is 2. The van der Waals surface area contributed by atoms with Crippen LogP contribution in [0.15, 0.2) is 72.4 Å². The molecule has 0 radical (unpaired) electrons. The van der Waals surface area contributed by atoms with E-state index in [4.69, 9.17) is 4.74 Å². The van der Waals surface area contributed by atoms with Gasteiger partial charge in [-0.05, 0) is 82.0 Å². The normalized spacial score (nSPS) is 20.5. The minimum Gasteiger partial charge on any atom is -0.457 e. The van der Waals surface area contributed by atoms with Gasteiger partial charge in [-0.2, -0.15) is 0 Å². The van der Waals surface area contributed by atoms with E-state index in [0.29, 0.717) is 46.1 Å². The number of aryl methyl sites for hydroxylation is 1. The summed E-state index contributed by atoms with van der Waals surface area (Å²) in [4.78, 5) is 32.5. The molecule has 3 amide bonds. The smallest absolute Gasteiger partial charge is 0.330 e. The Hall–Kier alpha value is -4.17. The molecule has 1 aliphatic carbocycles. The Morgan fingerprint density at radius 1 is 1.08 bits per heavy atom. The molecule has 2 aromatic carbocycles. The topological polar surface area (TPSA) is 104 Å². The minimum atomic E-state index is -0.397. The van der Waals surface area contributed by atoms with Crippen LogP contribution in [-0.4, -0.2) is 34.2 Å². The summed E-state index contributed by atoms with van der Waals surface area (Å²) in [6, 6.07) is 18.1. The maximum atomic E-state index is 13.4. The molecule has 2 heterocycles. The van der Waals surface area contributed by atoms with Gasteiger partial charge in [-0.3, -0.25) is 14.7 Å². The van der Waals surface area contributed by atoms with Crippen molar-refractivity contribution >= 4 is 29.0 Å². The van der Waals surface area contributed by atoms with Crippen LogP contribution in [0.5, 0.6) is 11.5 Å². The van der Waals surface area contributed by atoms with Crippen molar-refractivity contribution in [3.05, 3.63) is 83.7 Å². The number of nitrogens with one attached hydrogen (secondary N) is 2. The van der Waals surface area contributed by atoms with Gasteiger partial charge in [0.15, 0.2) is 0 Å². The van der Waals surface area contributed by atoms with Crippen molar-refractivity contribution < 1.29 is 19.4 Å². The highest BCUT2D eigenvalue weighted by atomic mass is 16.5. The van der Waals surface area contributed by atoms with Crippen molar-refractivity contribution in [3.63, 3.8) is 0 Å². The van der Waals surface area contributed by atoms with Crippen molar-refractivity contribution in [1.82, 2.24) is 15.6 Å². The first kappa shape index (κ1) is 24.5. The Balaban J connectivity index is 1.44. The Labute approximate surface area is 216 Å². The average molecular weight is 499 g/mol. The summed E-state index contributed by atoms with van der Waals surface area (Å²) in [6.45, 7) is 3.56. The number of amides is 3. The summed E-state index contributed by atoms with van der Waals surface area (Å²) in [5, 5.41) is 15.9. The molecule has 8 nitrogen and oxygen atoms in total. The molecule has 1 unspecified atom stereocenters. The molecular weight excluding hydrogens is 468 g/mol. The van der Waals surface area contributed by atoms with E-state index in [2.05, 4.69) is 15.6 Å². The number of carbonyl (C=O) groups is 2. The van der Waals surface area contributed by atoms with Crippen LogP contribution in [-0.2, 0) is 4.79 Å². The van der Waals surface area contributed by atoms with Crippen molar-refractivity contribution in [1.29, 1.82) is 0 Å². The number of ether oxygens (including phenoxy) is 1. The van der Waals surface area contributed by atoms with Crippen LogP contribution in [0.25, 0.3) is 5.70 Å². The van der Waals surface area contributed by atoms with Gasteiger partial charge in [-0.1, -0.05) is 18.2 Å². The third kappa shape index (κ3) is 5.20. The van der Waals surface area contributed by atoms with Crippen molar-refractivity contribution in [2.75, 3.05) is 4.90 Å². The minimum absolute atomic E-state index is 0.0892. The second-order valence-corrected chi connectivity index (χ2v) is 9.46. The number of hydrogen-bond acceptors (Lipinski definition) is 5. The van der Waals surface area contributed by atoms with E-state index in [9.17, 15) is 14.7 Å². The number of nitrogens with zero attached hydrogens (tertiary/aromatic N) is 2. The molecule has 1 saturated carbocycles. The first-order valence-electron chi connectivity index (χ1n) is 12.5. The summed E-state index contributed by atoms with van der Waals surface area (Å²) in [5.41, 5.74) is 3.53. The van der Waals surface area contributed by atoms with E-state index in [1.807, 2.05) is 61.5 Å². The number of pyridine rings is 1. The third-order valence-electron chi connectivity index (χ3n) is 6.82. The first-order valence-corrected chi connectivity index (χ1v) is 12.5. The van der Waals surface area contributed by atoms with Crippen LogP contribution in [0.1, 0.15) is 43.9 Å². The molecule has 0 saturated heterocycles. The predicted molar refractivity (Wildman–Crippen MR) is 142 cm³/mol. The van der Waals surface area contributed by atoms with E-state index in [-0.39, 0.29) is 18.0 Å². The number of anilines is 2. The summed E-state index contributed by atoms with van der Waals surface area (Å²) < 4.78 is 5.88. The van der Waals surface area contributed by atoms with Crippen molar-refractivity contribution in [2.24, 2.45) is 0 Å². The number of aliphatic hydroxyl groups is 1. The fraction of sp³-hybridized carbons (Fsp3) is 0.276. The maximum Gasteiger partial charge on any atom is 0.330 e. The predicted octanol–water partition coefficient (Wildman–Crippen LogP) is 5.19. The molecular formula is C29H30N4O4. The molecule has 3 aromatic rings. The number of aromatic nitrogens is 1. The lowest BCUT2D eigenvalue weighted by Gasteiger charge is -2.33. The van der Waals surface area contributed by atoms with Gasteiger partial charge in [-0.15, -0.1) is 0 Å². The zero-order valence-corrected chi connectivity index (χ0v) is 20.9. The van der Waals surface area contributed by atoms with E-state index in [1.165, 1.54) is 0 Å². The number of urea groups is 1. The molecule has 0 bridgehead atoms. The number of aliphatic hydroxyl groups excluding tert-OH is 1. The average Bonchev–Trinajstić information content (AvgIpc) is 2.89. The van der Waals surface area contributed by atoms with Crippen LogP contribution < -0.4 is 20.3 Å². The third-order valence-corrected chi connectivity index (χ3v) is 6.82. The van der Waals surface area contributed by atoms with Crippen LogP contribution in [0.4, 0.5) is 16.2 Å². The fourth-order valence-corrected chi connectivity index (χ4v) is 4.91. The number of rotatable bonds is 5. The van der Waals surface area contributed by atoms with E-state index in [0.717, 1.165) is 25.0 Å². The van der Waals surface area contributed by atoms with Gasteiger partial charge in [-0.25, -0.2) is 4.79 Å². The van der Waals surface area contributed by atoms with Gasteiger partial charge in [0.25, 0.3) is 0 Å². The highest BCUT2D eigenvalue weighted by molar-refractivity contribution is 6.13. The van der Waals surface area contributed by atoms with E-state index >= 15 is 0 Å². The standard InChI is InChI=1S/C29H30N4O4/c1-18(28(35)31-20-7-6-8-22(34)17-20)27-26-19(2)30-16-15-25(26)33(29(36)32-27)21-11-13-24(14-12-21)37-23-9-4-3-5-10-23/h3-5,9-16,20,22,34H,6-8,17H2,1-2H3,(H,31,35)(H,32,36)/b27-18-/t20-,22?/m0/s1. The SMILES string of the molecule is C/C(C(=O)N[C@H]1CCCC(O)C1)=C1/NC(=O)N(c2ccc(Oc3ccccc3)cc2)c2ccnc(C)c21. The first-order chi connectivity index (χ1) is 17.9. The highest BCUT2D eigenvalue weighted by Crippen LogP contribution is 2.39. The van der Waals surface area contributed by atoms with Gasteiger partial charge < -0.3 is 20.5 Å². The molecule has 1 fully saturated rings. The van der Waals surface area contributed by atoms with Crippen LogP contribution in [0, 0.1) is 6.92 Å². The zero-order valence-electron chi connectivity index (χ0n) is 20.9. The quantitative estimate of drug-likeness (QED) is 0.420. The number of fused-ring (bicyclic) bond motifs is 1. The molecule has 3 N–H and O–H groups in total. The molecule has 37 heavy (non-hydrogen) atoms. The maximum absolute atomic E-state index is 13.4. The van der Waals surface area contributed by atoms with Gasteiger partial charge in [0.05, 0.1) is 23.2 Å². The Morgan fingerprint density at radius 2 is 1.81 bits per heavy atom. The van der Waals surface area contributed by atoms with Crippen LogP contribution >= 0.6 is 0 Å². The number of benzene rings is 2. The molecule has 190 valence electrons. The van der Waals surface area contributed by atoms with E-state index < -0.39 is 6.10 Å². The Kier molecular flexibility index (Phi) is 6.92. The highest BCUT2D eigenvalue weighted by Gasteiger charge is 2.33. The van der Waals surface area contributed by atoms with E-state index in [1.54, 1.807) is 24.1 Å². The van der Waals surface area contributed by atoms with Crippen LogP contribution in [0.3, 0.4) is 0 Å². The fourth-order valence-electron chi connectivity index (χ4n) is 4.91. The van der Waals surface area contributed by atoms with Gasteiger partial charge in [0, 0.05) is 29.1 Å². The summed E-state index contributed by atoms with van der Waals surface area (Å²) in [6.07, 6.45) is 4.25. The van der Waals surface area contributed by atoms with Crippen molar-refractivity contribution in [3.8, 4) is 11.5 Å². The Bertz CT molecular complexity index is 1340. The second kappa shape index (κ2) is 10.4. The van der Waals surface area contributed by atoms with Gasteiger partial charge in [0.2, 0.25) is 5.91 Å². The molecule has 2 atom stereocenters. The summed E-state index contributed by atoms with van der Waals surface area (Å²) >= 11 is 0. The molecule has 1 aromatic heterocycles. The van der Waals surface area contributed by atoms with Gasteiger partial charge >= 0.3 is 6.03 Å². The molecule has 0 spiro atoms. The van der Waals surface area contributed by atoms with Gasteiger partial charge in [0.1, 0.15) is 11.5 Å².